The molecule has 2 saturated heterocycles. The van der Waals surface area contributed by atoms with Gasteiger partial charge in [-0.1, -0.05) is 0 Å². The molecule has 1 aromatic carbocycles. The Morgan fingerprint density at radius 2 is 1.61 bits per heavy atom. The van der Waals surface area contributed by atoms with Crippen molar-refractivity contribution in [2.45, 2.75) is 19.3 Å². The summed E-state index contributed by atoms with van der Waals surface area (Å²) in [5, 5.41) is 3.40. The van der Waals surface area contributed by atoms with Crippen LogP contribution in [0.4, 0.5) is 17.1 Å². The molecule has 28 heavy (non-hydrogen) atoms. The Hall–Kier alpha value is -2.60. The SMILES string of the molecule is CN1CCN(c2ccc(Nc3ccnc(C(=O)N4CCCCC4)c3)cc2)CC1. The van der Waals surface area contributed by atoms with E-state index >= 15 is 0 Å². The van der Waals surface area contributed by atoms with Gasteiger partial charge in [0, 0.05) is 62.5 Å². The molecule has 0 bridgehead atoms. The van der Waals surface area contributed by atoms with Gasteiger partial charge in [0.05, 0.1) is 0 Å². The van der Waals surface area contributed by atoms with Crippen LogP contribution < -0.4 is 10.2 Å². The number of hydrogen-bond acceptors (Lipinski definition) is 5. The summed E-state index contributed by atoms with van der Waals surface area (Å²) in [7, 11) is 2.17. The average Bonchev–Trinajstić information content (AvgIpc) is 2.75. The molecule has 0 spiro atoms. The number of rotatable bonds is 4. The normalized spacial score (nSPS) is 18.2. The second kappa shape index (κ2) is 8.61. The van der Waals surface area contributed by atoms with E-state index in [1.165, 1.54) is 12.1 Å². The molecule has 4 rings (SSSR count). The van der Waals surface area contributed by atoms with Gasteiger partial charge in [-0.05, 0) is 62.7 Å². The lowest BCUT2D eigenvalue weighted by Crippen LogP contribution is -2.44. The van der Waals surface area contributed by atoms with E-state index in [0.717, 1.165) is 63.5 Å². The van der Waals surface area contributed by atoms with Crippen LogP contribution in [0.1, 0.15) is 29.8 Å². The molecule has 3 heterocycles. The number of nitrogens with one attached hydrogen (secondary N) is 1. The van der Waals surface area contributed by atoms with E-state index in [4.69, 9.17) is 0 Å². The number of benzene rings is 1. The van der Waals surface area contributed by atoms with Gasteiger partial charge in [-0.25, -0.2) is 0 Å². The highest BCUT2D eigenvalue weighted by Gasteiger charge is 2.19. The van der Waals surface area contributed by atoms with Crippen LogP contribution in [-0.4, -0.2) is 67.0 Å². The van der Waals surface area contributed by atoms with Gasteiger partial charge in [0.15, 0.2) is 0 Å². The van der Waals surface area contributed by atoms with Crippen molar-refractivity contribution in [2.75, 3.05) is 56.5 Å². The van der Waals surface area contributed by atoms with Crippen molar-refractivity contribution >= 4 is 23.0 Å². The number of pyridine rings is 1. The van der Waals surface area contributed by atoms with Crippen molar-refractivity contribution in [3.05, 3.63) is 48.3 Å². The minimum Gasteiger partial charge on any atom is -0.369 e. The summed E-state index contributed by atoms with van der Waals surface area (Å²) in [4.78, 5) is 23.7. The first-order chi connectivity index (χ1) is 13.7. The Morgan fingerprint density at radius 1 is 0.893 bits per heavy atom. The average molecular weight is 380 g/mol. The highest BCUT2D eigenvalue weighted by atomic mass is 16.2. The molecule has 6 heteroatoms. The van der Waals surface area contributed by atoms with Crippen LogP contribution in [0.25, 0.3) is 0 Å². The number of anilines is 3. The summed E-state index contributed by atoms with van der Waals surface area (Å²) < 4.78 is 0. The molecule has 2 fully saturated rings. The number of likely N-dealkylation sites (N-methyl/N-ethyl adjacent to an activating group) is 1. The first-order valence-corrected chi connectivity index (χ1v) is 10.2. The van der Waals surface area contributed by atoms with Crippen LogP contribution in [0.5, 0.6) is 0 Å². The Bertz CT molecular complexity index is 793. The molecular weight excluding hydrogens is 350 g/mol. The summed E-state index contributed by atoms with van der Waals surface area (Å²) in [5.41, 5.74) is 3.68. The predicted molar refractivity (Wildman–Crippen MR) is 113 cm³/mol. The van der Waals surface area contributed by atoms with Crippen molar-refractivity contribution in [3.8, 4) is 0 Å². The van der Waals surface area contributed by atoms with Gasteiger partial charge in [0.25, 0.3) is 5.91 Å². The van der Waals surface area contributed by atoms with E-state index in [0.29, 0.717) is 5.69 Å². The fraction of sp³-hybridized carbons (Fsp3) is 0.455. The van der Waals surface area contributed by atoms with Crippen molar-refractivity contribution < 1.29 is 4.79 Å². The second-order valence-electron chi connectivity index (χ2n) is 7.74. The number of hydrogen-bond donors (Lipinski definition) is 1. The molecule has 0 unspecified atom stereocenters. The summed E-state index contributed by atoms with van der Waals surface area (Å²) in [6.07, 6.45) is 5.09. The molecule has 6 nitrogen and oxygen atoms in total. The van der Waals surface area contributed by atoms with Crippen LogP contribution in [0.3, 0.4) is 0 Å². The molecule has 2 aromatic rings. The van der Waals surface area contributed by atoms with Gasteiger partial charge in [0.1, 0.15) is 5.69 Å². The molecule has 0 atom stereocenters. The van der Waals surface area contributed by atoms with E-state index in [9.17, 15) is 4.79 Å². The van der Waals surface area contributed by atoms with Crippen molar-refractivity contribution in [3.63, 3.8) is 0 Å². The van der Waals surface area contributed by atoms with Crippen molar-refractivity contribution in [1.29, 1.82) is 0 Å². The van der Waals surface area contributed by atoms with Gasteiger partial charge in [-0.15, -0.1) is 0 Å². The van der Waals surface area contributed by atoms with E-state index in [-0.39, 0.29) is 5.91 Å². The number of piperidine rings is 1. The smallest absolute Gasteiger partial charge is 0.272 e. The third kappa shape index (κ3) is 4.44. The number of aromatic nitrogens is 1. The molecule has 1 N–H and O–H groups in total. The molecule has 2 aliphatic rings. The highest BCUT2D eigenvalue weighted by Crippen LogP contribution is 2.23. The number of piperazine rings is 1. The zero-order chi connectivity index (χ0) is 19.3. The quantitative estimate of drug-likeness (QED) is 0.884. The first kappa shape index (κ1) is 18.7. The standard InChI is InChI=1S/C22H29N5O/c1-25-13-15-26(16-14-25)20-7-5-18(6-8-20)24-19-9-10-23-21(17-19)22(28)27-11-3-2-4-12-27/h5-10,17H,2-4,11-16H2,1H3,(H,23,24). The third-order valence-electron chi connectivity index (χ3n) is 5.65. The maximum Gasteiger partial charge on any atom is 0.272 e. The predicted octanol–water partition coefficient (Wildman–Crippen LogP) is 3.20. The minimum absolute atomic E-state index is 0.0359. The largest absolute Gasteiger partial charge is 0.369 e. The van der Waals surface area contributed by atoms with Gasteiger partial charge in [-0.2, -0.15) is 0 Å². The van der Waals surface area contributed by atoms with Crippen molar-refractivity contribution in [2.24, 2.45) is 0 Å². The molecule has 1 aromatic heterocycles. The van der Waals surface area contributed by atoms with Gasteiger partial charge >= 0.3 is 0 Å². The van der Waals surface area contributed by atoms with E-state index in [1.54, 1.807) is 6.20 Å². The summed E-state index contributed by atoms with van der Waals surface area (Å²) >= 11 is 0. The lowest BCUT2D eigenvalue weighted by molar-refractivity contribution is 0.0718. The van der Waals surface area contributed by atoms with E-state index in [1.807, 2.05) is 17.0 Å². The minimum atomic E-state index is 0.0359. The number of nitrogens with zero attached hydrogens (tertiary/aromatic N) is 4. The monoisotopic (exact) mass is 379 g/mol. The molecule has 0 saturated carbocycles. The van der Waals surface area contributed by atoms with E-state index in [2.05, 4.69) is 51.4 Å². The lowest BCUT2D eigenvalue weighted by Gasteiger charge is -2.34. The maximum atomic E-state index is 12.7. The van der Waals surface area contributed by atoms with Crippen LogP contribution in [0.15, 0.2) is 42.6 Å². The fourth-order valence-electron chi connectivity index (χ4n) is 3.87. The zero-order valence-corrected chi connectivity index (χ0v) is 16.6. The molecule has 0 radical (unpaired) electrons. The molecule has 1 amide bonds. The summed E-state index contributed by atoms with van der Waals surface area (Å²) in [5.74, 6) is 0.0359. The van der Waals surface area contributed by atoms with Crippen LogP contribution >= 0.6 is 0 Å². The van der Waals surface area contributed by atoms with Gasteiger partial charge in [0.2, 0.25) is 0 Å². The first-order valence-electron chi connectivity index (χ1n) is 10.2. The Balaban J connectivity index is 1.40. The maximum absolute atomic E-state index is 12.7. The molecular formula is C22H29N5O. The molecule has 0 aliphatic carbocycles. The lowest BCUT2D eigenvalue weighted by atomic mass is 10.1. The van der Waals surface area contributed by atoms with E-state index < -0.39 is 0 Å². The highest BCUT2D eigenvalue weighted by molar-refractivity contribution is 5.93. The van der Waals surface area contributed by atoms with Crippen LogP contribution in [-0.2, 0) is 0 Å². The number of carbonyl (C=O) groups excluding carboxylic acids is 1. The number of amides is 1. The van der Waals surface area contributed by atoms with Gasteiger partial charge in [-0.3, -0.25) is 9.78 Å². The molecule has 148 valence electrons. The second-order valence-corrected chi connectivity index (χ2v) is 7.74. The zero-order valence-electron chi connectivity index (χ0n) is 16.6. The topological polar surface area (TPSA) is 51.7 Å². The number of carbonyl (C=O) groups is 1. The number of likely N-dealkylation sites (tertiary alicyclic amines) is 1. The fourth-order valence-corrected chi connectivity index (χ4v) is 3.87. The Morgan fingerprint density at radius 3 is 2.32 bits per heavy atom. The Labute approximate surface area is 167 Å². The summed E-state index contributed by atoms with van der Waals surface area (Å²) in [6, 6.07) is 12.3. The summed E-state index contributed by atoms with van der Waals surface area (Å²) in [6.45, 7) is 6.01. The van der Waals surface area contributed by atoms with Crippen LogP contribution in [0, 0.1) is 0 Å². The Kier molecular flexibility index (Phi) is 5.76. The third-order valence-corrected chi connectivity index (χ3v) is 5.65. The van der Waals surface area contributed by atoms with Crippen LogP contribution in [0.2, 0.25) is 0 Å². The molecule has 2 aliphatic heterocycles. The van der Waals surface area contributed by atoms with Crippen molar-refractivity contribution in [1.82, 2.24) is 14.8 Å². The van der Waals surface area contributed by atoms with Gasteiger partial charge < -0.3 is 20.0 Å².